The van der Waals surface area contributed by atoms with Crippen LogP contribution >= 0.6 is 0 Å². The zero-order valence-corrected chi connectivity index (χ0v) is 11.7. The Hall–Kier alpha value is -2.48. The number of carbonyl (C=O) groups excluding carboxylic acids is 1. The van der Waals surface area contributed by atoms with E-state index >= 15 is 0 Å². The van der Waals surface area contributed by atoms with Crippen molar-refractivity contribution in [3.63, 3.8) is 0 Å². The lowest BCUT2D eigenvalue weighted by Gasteiger charge is -2.30. The number of benzene rings is 1. The number of aliphatic carboxylic acids is 1. The van der Waals surface area contributed by atoms with Gasteiger partial charge in [0.2, 0.25) is 0 Å². The van der Waals surface area contributed by atoms with Crippen LogP contribution in [0, 0.1) is 18.3 Å². The number of hydrogen-bond acceptors (Lipinski definition) is 2. The predicted molar refractivity (Wildman–Crippen MR) is 78.5 cm³/mol. The highest BCUT2D eigenvalue weighted by Crippen LogP contribution is 2.16. The molecule has 5 heteroatoms. The number of carbonyl (C=O) groups is 2. The molecular weight excluding hydrogens is 268 g/mol. The summed E-state index contributed by atoms with van der Waals surface area (Å²) in [4.78, 5) is 24.6. The fourth-order valence-corrected chi connectivity index (χ4v) is 2.42. The van der Waals surface area contributed by atoms with E-state index in [9.17, 15) is 9.59 Å². The average molecular weight is 286 g/mol. The minimum absolute atomic E-state index is 0.230. The number of nitrogens with one attached hydrogen (secondary N) is 1. The molecule has 1 atom stereocenters. The molecule has 2 rings (SSSR count). The lowest BCUT2D eigenvalue weighted by Crippen LogP contribution is -2.46. The van der Waals surface area contributed by atoms with Crippen molar-refractivity contribution >= 4 is 12.0 Å². The third kappa shape index (κ3) is 3.99. The van der Waals surface area contributed by atoms with E-state index < -0.39 is 11.9 Å². The number of piperidine rings is 1. The van der Waals surface area contributed by atoms with E-state index in [4.69, 9.17) is 11.5 Å². The Morgan fingerprint density at radius 3 is 3.00 bits per heavy atom. The minimum Gasteiger partial charge on any atom is -0.481 e. The highest BCUT2D eigenvalue weighted by atomic mass is 16.4. The van der Waals surface area contributed by atoms with Gasteiger partial charge in [0.05, 0.1) is 5.92 Å². The Morgan fingerprint density at radius 1 is 1.48 bits per heavy atom. The van der Waals surface area contributed by atoms with Crippen molar-refractivity contribution in [2.24, 2.45) is 5.92 Å². The molecule has 1 unspecified atom stereocenters. The molecule has 0 radical (unpaired) electrons. The lowest BCUT2D eigenvalue weighted by molar-refractivity contribution is -0.143. The van der Waals surface area contributed by atoms with Crippen molar-refractivity contribution in [2.75, 3.05) is 13.1 Å². The van der Waals surface area contributed by atoms with Gasteiger partial charge in [0.1, 0.15) is 0 Å². The van der Waals surface area contributed by atoms with E-state index in [0.717, 1.165) is 17.5 Å². The maximum atomic E-state index is 12.1. The number of amides is 2. The molecule has 0 saturated carbocycles. The van der Waals surface area contributed by atoms with Gasteiger partial charge in [-0.3, -0.25) is 4.79 Å². The molecule has 21 heavy (non-hydrogen) atoms. The van der Waals surface area contributed by atoms with Crippen LogP contribution in [-0.2, 0) is 11.3 Å². The summed E-state index contributed by atoms with van der Waals surface area (Å²) in [6, 6.07) is 7.17. The van der Waals surface area contributed by atoms with Crippen LogP contribution in [-0.4, -0.2) is 35.1 Å². The quantitative estimate of drug-likeness (QED) is 0.831. The Bertz CT molecular complexity index is 577. The third-order valence-electron chi connectivity index (χ3n) is 3.60. The lowest BCUT2D eigenvalue weighted by atomic mass is 9.99. The molecule has 1 heterocycles. The molecule has 1 aromatic rings. The Balaban J connectivity index is 1.89. The third-order valence-corrected chi connectivity index (χ3v) is 3.60. The molecule has 2 N–H and O–H groups in total. The van der Waals surface area contributed by atoms with E-state index in [2.05, 4.69) is 11.2 Å². The SMILES string of the molecule is C#Cc1cccc(CNC(=O)N2CCCC(C(=O)O)C2)c1. The van der Waals surface area contributed by atoms with Crippen molar-refractivity contribution in [3.8, 4) is 12.3 Å². The van der Waals surface area contributed by atoms with E-state index in [-0.39, 0.29) is 12.6 Å². The summed E-state index contributed by atoms with van der Waals surface area (Å²) in [5.41, 5.74) is 1.69. The fraction of sp³-hybridized carbons (Fsp3) is 0.375. The minimum atomic E-state index is -0.839. The molecule has 1 aliphatic rings. The number of rotatable bonds is 3. The number of nitrogens with zero attached hydrogens (tertiary/aromatic N) is 1. The standard InChI is InChI=1S/C16H18N2O3/c1-2-12-5-3-6-13(9-12)10-17-16(21)18-8-4-7-14(11-18)15(19)20/h1,3,5-6,9,14H,4,7-8,10-11H2,(H,17,21)(H,19,20). The van der Waals surface area contributed by atoms with Crippen molar-refractivity contribution in [1.29, 1.82) is 0 Å². The highest BCUT2D eigenvalue weighted by Gasteiger charge is 2.27. The van der Waals surface area contributed by atoms with Gasteiger partial charge in [-0.15, -0.1) is 6.42 Å². The van der Waals surface area contributed by atoms with Gasteiger partial charge in [-0.1, -0.05) is 18.1 Å². The summed E-state index contributed by atoms with van der Waals surface area (Å²) in [6.07, 6.45) is 6.68. The molecule has 1 aliphatic heterocycles. The smallest absolute Gasteiger partial charge is 0.317 e. The van der Waals surface area contributed by atoms with Gasteiger partial charge in [-0.25, -0.2) is 4.79 Å². The van der Waals surface area contributed by atoms with Crippen LogP contribution in [0.4, 0.5) is 4.79 Å². The van der Waals surface area contributed by atoms with Crippen molar-refractivity contribution in [3.05, 3.63) is 35.4 Å². The molecular formula is C16H18N2O3. The van der Waals surface area contributed by atoms with Gasteiger partial charge in [-0.05, 0) is 30.5 Å². The molecule has 5 nitrogen and oxygen atoms in total. The van der Waals surface area contributed by atoms with Gasteiger partial charge in [0.15, 0.2) is 0 Å². The molecule has 1 fully saturated rings. The molecule has 1 saturated heterocycles. The molecule has 0 aliphatic carbocycles. The maximum Gasteiger partial charge on any atom is 0.317 e. The second-order valence-electron chi connectivity index (χ2n) is 5.13. The second kappa shape index (κ2) is 6.80. The van der Waals surface area contributed by atoms with Crippen molar-refractivity contribution in [1.82, 2.24) is 10.2 Å². The van der Waals surface area contributed by atoms with Gasteiger partial charge in [0, 0.05) is 25.2 Å². The van der Waals surface area contributed by atoms with Crippen molar-refractivity contribution < 1.29 is 14.7 Å². The zero-order valence-electron chi connectivity index (χ0n) is 11.7. The molecule has 2 amide bonds. The average Bonchev–Trinajstić information content (AvgIpc) is 2.53. The second-order valence-corrected chi connectivity index (χ2v) is 5.13. The number of carboxylic acids is 1. The first-order valence-corrected chi connectivity index (χ1v) is 6.91. The predicted octanol–water partition coefficient (Wildman–Crippen LogP) is 1.67. The van der Waals surface area contributed by atoms with Gasteiger partial charge in [0.25, 0.3) is 0 Å². The number of likely N-dealkylation sites (tertiary alicyclic amines) is 1. The Morgan fingerprint density at radius 2 is 2.29 bits per heavy atom. The normalized spacial score (nSPS) is 17.9. The van der Waals surface area contributed by atoms with E-state index in [1.54, 1.807) is 4.90 Å². The zero-order chi connectivity index (χ0) is 15.2. The van der Waals surface area contributed by atoms with Gasteiger partial charge < -0.3 is 15.3 Å². The number of hydrogen-bond donors (Lipinski definition) is 2. The highest BCUT2D eigenvalue weighted by molar-refractivity contribution is 5.76. The number of carboxylic acid groups (broad SMARTS) is 1. The van der Waals surface area contributed by atoms with Gasteiger partial charge >= 0.3 is 12.0 Å². The van der Waals surface area contributed by atoms with Crippen LogP contribution in [0.25, 0.3) is 0 Å². The first kappa shape index (κ1) is 14.9. The molecule has 110 valence electrons. The first-order valence-electron chi connectivity index (χ1n) is 6.91. The monoisotopic (exact) mass is 286 g/mol. The Kier molecular flexibility index (Phi) is 4.83. The van der Waals surface area contributed by atoms with Crippen LogP contribution < -0.4 is 5.32 Å². The van der Waals surface area contributed by atoms with Gasteiger partial charge in [-0.2, -0.15) is 0 Å². The summed E-state index contributed by atoms with van der Waals surface area (Å²) in [5, 5.41) is 11.8. The molecule has 1 aromatic carbocycles. The van der Waals surface area contributed by atoms with Crippen LogP contribution in [0.1, 0.15) is 24.0 Å². The summed E-state index contributed by atoms with van der Waals surface area (Å²) >= 11 is 0. The van der Waals surface area contributed by atoms with Crippen LogP contribution in [0.2, 0.25) is 0 Å². The Labute approximate surface area is 124 Å². The first-order chi connectivity index (χ1) is 10.1. The largest absolute Gasteiger partial charge is 0.481 e. The summed E-state index contributed by atoms with van der Waals surface area (Å²) in [7, 11) is 0. The molecule has 0 spiro atoms. The fourth-order valence-electron chi connectivity index (χ4n) is 2.42. The summed E-state index contributed by atoms with van der Waals surface area (Å²) in [6.45, 7) is 1.24. The summed E-state index contributed by atoms with van der Waals surface area (Å²) < 4.78 is 0. The van der Waals surface area contributed by atoms with Crippen LogP contribution in [0.15, 0.2) is 24.3 Å². The van der Waals surface area contributed by atoms with Crippen LogP contribution in [0.5, 0.6) is 0 Å². The topological polar surface area (TPSA) is 69.6 Å². The summed E-state index contributed by atoms with van der Waals surface area (Å²) in [5.74, 6) is 1.25. The number of urea groups is 1. The van der Waals surface area contributed by atoms with E-state index in [1.807, 2.05) is 24.3 Å². The number of terminal acetylenes is 1. The molecule has 0 bridgehead atoms. The van der Waals surface area contributed by atoms with Crippen LogP contribution in [0.3, 0.4) is 0 Å². The maximum absolute atomic E-state index is 12.1. The van der Waals surface area contributed by atoms with E-state index in [0.29, 0.717) is 19.5 Å². The van der Waals surface area contributed by atoms with E-state index in [1.165, 1.54) is 0 Å². The molecule has 0 aromatic heterocycles. The van der Waals surface area contributed by atoms with Crippen molar-refractivity contribution in [2.45, 2.75) is 19.4 Å².